The fourth-order valence-electron chi connectivity index (χ4n) is 3.28. The van der Waals surface area contributed by atoms with Crippen molar-refractivity contribution in [2.24, 2.45) is 0 Å². The summed E-state index contributed by atoms with van der Waals surface area (Å²) in [5.41, 5.74) is 2.10. The van der Waals surface area contributed by atoms with Crippen LogP contribution in [0.2, 0.25) is 0 Å². The van der Waals surface area contributed by atoms with E-state index in [2.05, 4.69) is 10.6 Å². The zero-order valence-corrected chi connectivity index (χ0v) is 17.9. The molecule has 0 saturated carbocycles. The molecule has 0 saturated heterocycles. The maximum absolute atomic E-state index is 13.1. The Hall–Kier alpha value is -3.91. The molecule has 0 aliphatic heterocycles. The summed E-state index contributed by atoms with van der Waals surface area (Å²) in [6.45, 7) is 0.816. The SMILES string of the molecule is COCCNc1ccc(C(=O)NC(c2ccccc2)c2ccc(OC)cc2)cc1[N+](=O)[O-]. The van der Waals surface area contributed by atoms with Gasteiger partial charge in [-0.05, 0) is 35.4 Å². The van der Waals surface area contributed by atoms with Crippen LogP contribution in [0.25, 0.3) is 0 Å². The molecular formula is C24H25N3O5. The number of nitro groups is 1. The number of anilines is 1. The Morgan fingerprint density at radius 2 is 1.69 bits per heavy atom. The zero-order chi connectivity index (χ0) is 22.9. The number of hydrogen-bond acceptors (Lipinski definition) is 6. The van der Waals surface area contributed by atoms with Gasteiger partial charge in [0.15, 0.2) is 0 Å². The number of methoxy groups -OCH3 is 2. The summed E-state index contributed by atoms with van der Waals surface area (Å²) in [6, 6.07) is 20.9. The molecule has 3 rings (SSSR count). The monoisotopic (exact) mass is 435 g/mol. The lowest BCUT2D eigenvalue weighted by atomic mass is 9.98. The van der Waals surface area contributed by atoms with Crippen molar-refractivity contribution in [3.63, 3.8) is 0 Å². The third-order valence-electron chi connectivity index (χ3n) is 4.94. The average molecular weight is 435 g/mol. The van der Waals surface area contributed by atoms with Crippen LogP contribution in [0.4, 0.5) is 11.4 Å². The van der Waals surface area contributed by atoms with Crippen molar-refractivity contribution < 1.29 is 19.2 Å². The van der Waals surface area contributed by atoms with Gasteiger partial charge in [0, 0.05) is 25.3 Å². The third kappa shape index (κ3) is 5.61. The van der Waals surface area contributed by atoms with E-state index >= 15 is 0 Å². The summed E-state index contributed by atoms with van der Waals surface area (Å²) in [7, 11) is 3.14. The molecule has 3 aromatic carbocycles. The van der Waals surface area contributed by atoms with E-state index in [1.165, 1.54) is 12.1 Å². The number of carbonyl (C=O) groups is 1. The normalized spacial score (nSPS) is 11.4. The Morgan fingerprint density at radius 3 is 2.31 bits per heavy atom. The molecule has 2 N–H and O–H groups in total. The van der Waals surface area contributed by atoms with E-state index in [4.69, 9.17) is 9.47 Å². The van der Waals surface area contributed by atoms with Gasteiger partial charge in [-0.15, -0.1) is 0 Å². The van der Waals surface area contributed by atoms with Crippen molar-refractivity contribution in [3.8, 4) is 5.75 Å². The van der Waals surface area contributed by atoms with E-state index in [1.54, 1.807) is 20.3 Å². The standard InChI is InChI=1S/C24H25N3O5/c1-31-15-14-25-21-13-10-19(16-22(21)27(29)30)24(28)26-23(17-6-4-3-5-7-17)18-8-11-20(32-2)12-9-18/h3-13,16,23,25H,14-15H2,1-2H3,(H,26,28). The lowest BCUT2D eigenvalue weighted by Crippen LogP contribution is -2.29. The van der Waals surface area contributed by atoms with Gasteiger partial charge in [0.1, 0.15) is 11.4 Å². The van der Waals surface area contributed by atoms with Crippen molar-refractivity contribution in [3.05, 3.63) is 99.6 Å². The Morgan fingerprint density at radius 1 is 1.00 bits per heavy atom. The van der Waals surface area contributed by atoms with Gasteiger partial charge in [0.05, 0.1) is 24.7 Å². The maximum Gasteiger partial charge on any atom is 0.293 e. The molecule has 0 aliphatic rings. The van der Waals surface area contributed by atoms with Gasteiger partial charge in [-0.1, -0.05) is 42.5 Å². The molecule has 8 nitrogen and oxygen atoms in total. The maximum atomic E-state index is 13.1. The molecule has 1 amide bonds. The number of nitrogens with one attached hydrogen (secondary N) is 2. The van der Waals surface area contributed by atoms with Crippen LogP contribution in [-0.4, -0.2) is 38.2 Å². The molecule has 0 heterocycles. The lowest BCUT2D eigenvalue weighted by Gasteiger charge is -2.20. The second-order valence-corrected chi connectivity index (χ2v) is 7.00. The predicted octanol–water partition coefficient (Wildman–Crippen LogP) is 4.18. The summed E-state index contributed by atoms with van der Waals surface area (Å²) in [6.07, 6.45) is 0. The van der Waals surface area contributed by atoms with Gasteiger partial charge in [-0.25, -0.2) is 0 Å². The number of ether oxygens (including phenoxy) is 2. The summed E-state index contributed by atoms with van der Waals surface area (Å²) < 4.78 is 10.2. The van der Waals surface area contributed by atoms with Crippen LogP contribution in [-0.2, 0) is 4.74 Å². The molecule has 1 atom stereocenters. The van der Waals surface area contributed by atoms with Gasteiger partial charge < -0.3 is 20.1 Å². The van der Waals surface area contributed by atoms with Crippen LogP contribution in [0.1, 0.15) is 27.5 Å². The molecule has 0 aliphatic carbocycles. The first-order valence-corrected chi connectivity index (χ1v) is 10.0. The van der Waals surface area contributed by atoms with Crippen molar-refractivity contribution in [2.45, 2.75) is 6.04 Å². The quantitative estimate of drug-likeness (QED) is 0.281. The van der Waals surface area contributed by atoms with Gasteiger partial charge in [0.2, 0.25) is 0 Å². The van der Waals surface area contributed by atoms with Gasteiger partial charge in [0.25, 0.3) is 11.6 Å². The zero-order valence-electron chi connectivity index (χ0n) is 17.9. The van der Waals surface area contributed by atoms with Crippen molar-refractivity contribution in [2.75, 3.05) is 32.7 Å². The lowest BCUT2D eigenvalue weighted by molar-refractivity contribution is -0.384. The molecule has 32 heavy (non-hydrogen) atoms. The summed E-state index contributed by atoms with van der Waals surface area (Å²) in [4.78, 5) is 24.1. The minimum atomic E-state index is -0.510. The van der Waals surface area contributed by atoms with Crippen LogP contribution >= 0.6 is 0 Å². The van der Waals surface area contributed by atoms with E-state index in [1.807, 2.05) is 54.6 Å². The van der Waals surface area contributed by atoms with Crippen LogP contribution in [0.5, 0.6) is 5.75 Å². The second kappa shape index (κ2) is 10.9. The highest BCUT2D eigenvalue weighted by molar-refractivity contribution is 5.96. The smallest absolute Gasteiger partial charge is 0.293 e. The number of benzene rings is 3. The molecule has 0 bridgehead atoms. The Bertz CT molecular complexity index is 1050. The number of nitro benzene ring substituents is 1. The topological polar surface area (TPSA) is 103 Å². The molecule has 166 valence electrons. The minimum Gasteiger partial charge on any atom is -0.497 e. The Balaban J connectivity index is 1.88. The van der Waals surface area contributed by atoms with E-state index in [-0.39, 0.29) is 11.3 Å². The minimum absolute atomic E-state index is 0.172. The third-order valence-corrected chi connectivity index (χ3v) is 4.94. The summed E-state index contributed by atoms with van der Waals surface area (Å²) >= 11 is 0. The fraction of sp³-hybridized carbons (Fsp3) is 0.208. The number of nitrogens with zero attached hydrogens (tertiary/aromatic N) is 1. The Kier molecular flexibility index (Phi) is 7.77. The van der Waals surface area contributed by atoms with Crippen LogP contribution in [0.15, 0.2) is 72.8 Å². The summed E-state index contributed by atoms with van der Waals surface area (Å²) in [5.74, 6) is 0.292. The molecule has 0 radical (unpaired) electrons. The van der Waals surface area contributed by atoms with Crippen molar-refractivity contribution in [1.29, 1.82) is 0 Å². The van der Waals surface area contributed by atoms with Crippen LogP contribution in [0, 0.1) is 10.1 Å². The van der Waals surface area contributed by atoms with Crippen molar-refractivity contribution in [1.82, 2.24) is 5.32 Å². The first-order chi connectivity index (χ1) is 15.5. The molecule has 0 spiro atoms. The highest BCUT2D eigenvalue weighted by Gasteiger charge is 2.21. The molecule has 1 unspecified atom stereocenters. The second-order valence-electron chi connectivity index (χ2n) is 7.00. The Labute approximate surface area is 186 Å². The number of hydrogen-bond donors (Lipinski definition) is 2. The highest BCUT2D eigenvalue weighted by atomic mass is 16.6. The van der Waals surface area contributed by atoms with Gasteiger partial charge in [-0.3, -0.25) is 14.9 Å². The van der Waals surface area contributed by atoms with Gasteiger partial charge in [-0.2, -0.15) is 0 Å². The molecule has 8 heteroatoms. The van der Waals surface area contributed by atoms with E-state index in [0.717, 1.165) is 11.1 Å². The van der Waals surface area contributed by atoms with E-state index in [0.29, 0.717) is 24.6 Å². The van der Waals surface area contributed by atoms with Crippen molar-refractivity contribution >= 4 is 17.3 Å². The van der Waals surface area contributed by atoms with Crippen LogP contribution < -0.4 is 15.4 Å². The fourth-order valence-corrected chi connectivity index (χ4v) is 3.28. The van der Waals surface area contributed by atoms with Gasteiger partial charge >= 0.3 is 0 Å². The highest BCUT2D eigenvalue weighted by Crippen LogP contribution is 2.28. The van der Waals surface area contributed by atoms with E-state index in [9.17, 15) is 14.9 Å². The largest absolute Gasteiger partial charge is 0.497 e. The molecule has 3 aromatic rings. The van der Waals surface area contributed by atoms with E-state index < -0.39 is 16.9 Å². The molecule has 0 fully saturated rings. The number of carbonyl (C=O) groups excluding carboxylic acids is 1. The molecular weight excluding hydrogens is 410 g/mol. The predicted molar refractivity (Wildman–Crippen MR) is 122 cm³/mol. The summed E-state index contributed by atoms with van der Waals surface area (Å²) in [5, 5.41) is 17.5. The first kappa shape index (κ1) is 22.8. The number of amides is 1. The number of rotatable bonds is 10. The van der Waals surface area contributed by atoms with Crippen LogP contribution in [0.3, 0.4) is 0 Å². The first-order valence-electron chi connectivity index (χ1n) is 10.0. The average Bonchev–Trinajstić information content (AvgIpc) is 2.83. The molecule has 0 aromatic heterocycles.